The highest BCUT2D eigenvalue weighted by molar-refractivity contribution is 7.99. The standard InChI is InChI=1S/C13H10ClNS/c14-11-5-6-12-10(8-11)4-3-9-2-1-7-15-13(9)16-12/h1-2,5-8H,3-4H2. The Morgan fingerprint density at radius 2 is 2.00 bits per heavy atom. The second-order valence-electron chi connectivity index (χ2n) is 3.82. The fourth-order valence-electron chi connectivity index (χ4n) is 1.92. The first-order chi connectivity index (χ1) is 7.83. The molecular weight excluding hydrogens is 238 g/mol. The lowest BCUT2D eigenvalue weighted by Crippen LogP contribution is -1.91. The van der Waals surface area contributed by atoms with E-state index >= 15 is 0 Å². The lowest BCUT2D eigenvalue weighted by Gasteiger charge is -2.04. The van der Waals surface area contributed by atoms with Crippen LogP contribution in [0, 0.1) is 0 Å². The zero-order valence-corrected chi connectivity index (χ0v) is 10.2. The summed E-state index contributed by atoms with van der Waals surface area (Å²) < 4.78 is 0. The molecule has 0 unspecified atom stereocenters. The van der Waals surface area contributed by atoms with Crippen molar-refractivity contribution >= 4 is 23.4 Å². The van der Waals surface area contributed by atoms with E-state index in [-0.39, 0.29) is 0 Å². The molecule has 3 heteroatoms. The topological polar surface area (TPSA) is 12.9 Å². The van der Waals surface area contributed by atoms with Crippen LogP contribution >= 0.6 is 23.4 Å². The Morgan fingerprint density at radius 1 is 1.12 bits per heavy atom. The molecule has 1 aromatic carbocycles. The van der Waals surface area contributed by atoms with E-state index < -0.39 is 0 Å². The van der Waals surface area contributed by atoms with Gasteiger partial charge in [-0.05, 0) is 48.2 Å². The SMILES string of the molecule is Clc1ccc2c(c1)CCc1cccnc1S2. The second-order valence-corrected chi connectivity index (χ2v) is 5.29. The Labute approximate surface area is 104 Å². The molecule has 0 saturated carbocycles. The largest absolute Gasteiger partial charge is 0.249 e. The summed E-state index contributed by atoms with van der Waals surface area (Å²) in [4.78, 5) is 5.71. The van der Waals surface area contributed by atoms with E-state index in [1.165, 1.54) is 16.0 Å². The van der Waals surface area contributed by atoms with Crippen LogP contribution in [-0.2, 0) is 12.8 Å². The van der Waals surface area contributed by atoms with Crippen LogP contribution in [0.2, 0.25) is 5.02 Å². The second kappa shape index (κ2) is 4.11. The molecule has 80 valence electrons. The molecule has 0 atom stereocenters. The van der Waals surface area contributed by atoms with Gasteiger partial charge >= 0.3 is 0 Å². The highest BCUT2D eigenvalue weighted by Gasteiger charge is 2.14. The number of halogens is 1. The van der Waals surface area contributed by atoms with Crippen molar-refractivity contribution in [1.29, 1.82) is 0 Å². The van der Waals surface area contributed by atoms with E-state index in [0.717, 1.165) is 22.9 Å². The molecule has 0 bridgehead atoms. The summed E-state index contributed by atoms with van der Waals surface area (Å²) in [6, 6.07) is 10.3. The van der Waals surface area contributed by atoms with Gasteiger partial charge in [-0.3, -0.25) is 0 Å². The molecule has 0 radical (unpaired) electrons. The summed E-state index contributed by atoms with van der Waals surface area (Å²) in [6.45, 7) is 0. The molecule has 1 aliphatic rings. The Balaban J connectivity index is 2.08. The van der Waals surface area contributed by atoms with Crippen LogP contribution < -0.4 is 0 Å². The van der Waals surface area contributed by atoms with Gasteiger partial charge in [0, 0.05) is 16.1 Å². The summed E-state index contributed by atoms with van der Waals surface area (Å²) in [5, 5.41) is 1.95. The molecule has 0 aliphatic carbocycles. The maximum Gasteiger partial charge on any atom is 0.104 e. The van der Waals surface area contributed by atoms with Crippen molar-refractivity contribution in [3.05, 3.63) is 52.7 Å². The number of nitrogens with zero attached hydrogens (tertiary/aromatic N) is 1. The Kier molecular flexibility index (Phi) is 2.62. The molecule has 1 aromatic heterocycles. The highest BCUT2D eigenvalue weighted by atomic mass is 35.5. The van der Waals surface area contributed by atoms with Gasteiger partial charge < -0.3 is 0 Å². The number of hydrogen-bond acceptors (Lipinski definition) is 2. The van der Waals surface area contributed by atoms with E-state index in [9.17, 15) is 0 Å². The third kappa shape index (κ3) is 1.83. The number of hydrogen-bond donors (Lipinski definition) is 0. The minimum Gasteiger partial charge on any atom is -0.249 e. The van der Waals surface area contributed by atoms with Gasteiger partial charge in [0.05, 0.1) is 0 Å². The van der Waals surface area contributed by atoms with Gasteiger partial charge in [0.15, 0.2) is 0 Å². The van der Waals surface area contributed by atoms with Crippen molar-refractivity contribution in [2.45, 2.75) is 22.8 Å². The van der Waals surface area contributed by atoms with Crippen LogP contribution in [-0.4, -0.2) is 4.98 Å². The highest BCUT2D eigenvalue weighted by Crippen LogP contribution is 2.36. The zero-order chi connectivity index (χ0) is 11.0. The summed E-state index contributed by atoms with van der Waals surface area (Å²) in [6.07, 6.45) is 3.94. The van der Waals surface area contributed by atoms with Crippen molar-refractivity contribution in [1.82, 2.24) is 4.98 Å². The molecule has 0 saturated heterocycles. The summed E-state index contributed by atoms with van der Waals surface area (Å²) in [7, 11) is 0. The van der Waals surface area contributed by atoms with E-state index in [1.54, 1.807) is 11.8 Å². The first-order valence-electron chi connectivity index (χ1n) is 5.23. The quantitative estimate of drug-likeness (QED) is 0.698. The van der Waals surface area contributed by atoms with E-state index in [2.05, 4.69) is 23.2 Å². The smallest absolute Gasteiger partial charge is 0.104 e. The molecule has 3 rings (SSSR count). The van der Waals surface area contributed by atoms with Gasteiger partial charge in [-0.15, -0.1) is 0 Å². The van der Waals surface area contributed by atoms with Gasteiger partial charge in [0.1, 0.15) is 5.03 Å². The fourth-order valence-corrected chi connectivity index (χ4v) is 3.17. The zero-order valence-electron chi connectivity index (χ0n) is 8.61. The van der Waals surface area contributed by atoms with Crippen LogP contribution in [0.1, 0.15) is 11.1 Å². The summed E-state index contributed by atoms with van der Waals surface area (Å²) in [5.74, 6) is 0. The van der Waals surface area contributed by atoms with Gasteiger partial charge in [-0.25, -0.2) is 4.98 Å². The van der Waals surface area contributed by atoms with Crippen LogP contribution in [0.5, 0.6) is 0 Å². The normalized spacial score (nSPS) is 13.8. The minimum absolute atomic E-state index is 0.818. The Hall–Kier alpha value is -0.990. The molecule has 0 spiro atoms. The maximum atomic E-state index is 6.02. The monoisotopic (exact) mass is 247 g/mol. The predicted molar refractivity (Wildman–Crippen MR) is 67.2 cm³/mol. The molecule has 1 nitrogen and oxygen atoms in total. The van der Waals surface area contributed by atoms with Crippen molar-refractivity contribution in [3.8, 4) is 0 Å². The van der Waals surface area contributed by atoms with Crippen LogP contribution in [0.15, 0.2) is 46.5 Å². The average molecular weight is 248 g/mol. The molecule has 0 fully saturated rings. The van der Waals surface area contributed by atoms with Crippen LogP contribution in [0.3, 0.4) is 0 Å². The maximum absolute atomic E-state index is 6.02. The number of benzene rings is 1. The van der Waals surface area contributed by atoms with E-state index in [4.69, 9.17) is 11.6 Å². The number of aryl methyl sites for hydroxylation is 2. The number of pyridine rings is 1. The van der Waals surface area contributed by atoms with Crippen LogP contribution in [0.25, 0.3) is 0 Å². The fraction of sp³-hybridized carbons (Fsp3) is 0.154. The van der Waals surface area contributed by atoms with Crippen molar-refractivity contribution in [2.75, 3.05) is 0 Å². The first kappa shape index (κ1) is 10.2. The van der Waals surface area contributed by atoms with Crippen molar-refractivity contribution in [3.63, 3.8) is 0 Å². The lowest BCUT2D eigenvalue weighted by molar-refractivity contribution is 0.904. The molecular formula is C13H10ClNS. The van der Waals surface area contributed by atoms with Gasteiger partial charge in [-0.1, -0.05) is 29.4 Å². The van der Waals surface area contributed by atoms with Crippen molar-refractivity contribution in [2.24, 2.45) is 0 Å². The summed E-state index contributed by atoms with van der Waals surface area (Å²) >= 11 is 7.76. The first-order valence-corrected chi connectivity index (χ1v) is 6.42. The van der Waals surface area contributed by atoms with Gasteiger partial charge in [0.2, 0.25) is 0 Å². The number of rotatable bonds is 0. The van der Waals surface area contributed by atoms with Gasteiger partial charge in [0.25, 0.3) is 0 Å². The molecule has 2 heterocycles. The van der Waals surface area contributed by atoms with Gasteiger partial charge in [-0.2, -0.15) is 0 Å². The lowest BCUT2D eigenvalue weighted by atomic mass is 10.1. The third-order valence-corrected chi connectivity index (χ3v) is 4.16. The summed E-state index contributed by atoms with van der Waals surface area (Å²) in [5.41, 5.74) is 2.66. The molecule has 16 heavy (non-hydrogen) atoms. The van der Waals surface area contributed by atoms with E-state index in [0.29, 0.717) is 0 Å². The molecule has 2 aromatic rings. The van der Waals surface area contributed by atoms with Crippen LogP contribution in [0.4, 0.5) is 0 Å². The van der Waals surface area contributed by atoms with E-state index in [1.807, 2.05) is 18.3 Å². The molecule has 0 N–H and O–H groups in total. The molecule has 0 amide bonds. The molecule has 1 aliphatic heterocycles. The number of aromatic nitrogens is 1. The Morgan fingerprint density at radius 3 is 2.94 bits per heavy atom. The Bertz CT molecular complexity index is 539. The predicted octanol–water partition coefficient (Wildman–Crippen LogP) is 3.98. The number of fused-ring (bicyclic) bond motifs is 2. The third-order valence-electron chi connectivity index (χ3n) is 2.74. The van der Waals surface area contributed by atoms with Crippen molar-refractivity contribution < 1.29 is 0 Å². The minimum atomic E-state index is 0.818. The average Bonchev–Trinajstić information content (AvgIpc) is 2.48.